The lowest BCUT2D eigenvalue weighted by atomic mass is 10.2. The van der Waals surface area contributed by atoms with E-state index in [1.54, 1.807) is 25.1 Å². The molecule has 0 aromatic heterocycles. The third kappa shape index (κ3) is 5.22. The number of rotatable bonds is 6. The number of amides is 2. The van der Waals surface area contributed by atoms with Crippen LogP contribution in [0.4, 0.5) is 11.4 Å². The highest BCUT2D eigenvalue weighted by Crippen LogP contribution is 2.28. The number of carbonyl (C=O) groups excluding carboxylic acids is 2. The fourth-order valence-corrected chi connectivity index (χ4v) is 2.27. The zero-order valence-electron chi connectivity index (χ0n) is 13.6. The molecular weight excluding hydrogens is 298 g/mol. The second-order valence-corrected chi connectivity index (χ2v) is 5.25. The number of anilines is 2. The van der Waals surface area contributed by atoms with Crippen LogP contribution in [-0.4, -0.2) is 56.7 Å². The molecule has 126 valence electrons. The molecule has 1 saturated heterocycles. The lowest BCUT2D eigenvalue weighted by Crippen LogP contribution is -2.41. The standard InChI is InChI=1S/C16H23N3O4/c1-3-15(20)17-12-4-5-13(14(10-12)22-2)18-16(21)11-19-6-8-23-9-7-19/h4-5,10H,3,6-9,11H2,1-2H3,(H,17,20)(H,18,21). The number of hydrogen-bond acceptors (Lipinski definition) is 5. The highest BCUT2D eigenvalue weighted by Gasteiger charge is 2.15. The first-order valence-corrected chi connectivity index (χ1v) is 7.70. The van der Waals surface area contributed by atoms with Gasteiger partial charge in [-0.2, -0.15) is 0 Å². The van der Waals surface area contributed by atoms with Gasteiger partial charge in [0.1, 0.15) is 5.75 Å². The van der Waals surface area contributed by atoms with Gasteiger partial charge in [-0.05, 0) is 12.1 Å². The Hall–Kier alpha value is -2.12. The topological polar surface area (TPSA) is 79.9 Å². The molecule has 1 aromatic rings. The lowest BCUT2D eigenvalue weighted by molar-refractivity contribution is -0.118. The van der Waals surface area contributed by atoms with E-state index in [4.69, 9.17) is 9.47 Å². The van der Waals surface area contributed by atoms with E-state index in [1.807, 2.05) is 4.90 Å². The van der Waals surface area contributed by atoms with Crippen LogP contribution in [0.15, 0.2) is 18.2 Å². The van der Waals surface area contributed by atoms with E-state index < -0.39 is 0 Å². The molecule has 0 atom stereocenters. The zero-order chi connectivity index (χ0) is 16.7. The molecule has 2 amide bonds. The van der Waals surface area contributed by atoms with Crippen molar-refractivity contribution in [2.45, 2.75) is 13.3 Å². The van der Waals surface area contributed by atoms with Crippen LogP contribution in [0, 0.1) is 0 Å². The zero-order valence-corrected chi connectivity index (χ0v) is 13.6. The van der Waals surface area contributed by atoms with Crippen LogP contribution in [-0.2, 0) is 14.3 Å². The largest absolute Gasteiger partial charge is 0.494 e. The number of benzene rings is 1. The van der Waals surface area contributed by atoms with E-state index in [2.05, 4.69) is 10.6 Å². The molecule has 0 unspecified atom stereocenters. The maximum absolute atomic E-state index is 12.1. The van der Waals surface area contributed by atoms with Gasteiger partial charge in [-0.25, -0.2) is 0 Å². The summed E-state index contributed by atoms with van der Waals surface area (Å²) in [6.45, 7) is 4.93. The molecule has 1 heterocycles. The Morgan fingerprint density at radius 1 is 1.22 bits per heavy atom. The fourth-order valence-electron chi connectivity index (χ4n) is 2.27. The van der Waals surface area contributed by atoms with Gasteiger partial charge >= 0.3 is 0 Å². The minimum absolute atomic E-state index is 0.0730. The minimum atomic E-state index is -0.101. The smallest absolute Gasteiger partial charge is 0.238 e. The number of ether oxygens (including phenoxy) is 2. The minimum Gasteiger partial charge on any atom is -0.494 e. The van der Waals surface area contributed by atoms with Crippen molar-refractivity contribution in [2.75, 3.05) is 50.6 Å². The first-order chi connectivity index (χ1) is 11.1. The first-order valence-electron chi connectivity index (χ1n) is 7.70. The van der Waals surface area contributed by atoms with Gasteiger partial charge in [0.2, 0.25) is 11.8 Å². The molecule has 0 aliphatic carbocycles. The molecule has 2 N–H and O–H groups in total. The van der Waals surface area contributed by atoms with E-state index in [0.717, 1.165) is 13.1 Å². The average molecular weight is 321 g/mol. The molecule has 23 heavy (non-hydrogen) atoms. The molecule has 1 aliphatic heterocycles. The number of hydrogen-bond donors (Lipinski definition) is 2. The van der Waals surface area contributed by atoms with Crippen molar-refractivity contribution in [1.82, 2.24) is 4.90 Å². The third-order valence-corrected chi connectivity index (χ3v) is 3.55. The van der Waals surface area contributed by atoms with Gasteiger partial charge in [0.05, 0.1) is 32.6 Å². The molecule has 1 aliphatic rings. The molecule has 7 nitrogen and oxygen atoms in total. The van der Waals surface area contributed by atoms with Gasteiger partial charge in [0.15, 0.2) is 0 Å². The summed E-state index contributed by atoms with van der Waals surface area (Å²) >= 11 is 0. The number of nitrogens with one attached hydrogen (secondary N) is 2. The van der Waals surface area contributed by atoms with Crippen LogP contribution in [0.25, 0.3) is 0 Å². The van der Waals surface area contributed by atoms with E-state index >= 15 is 0 Å². The highest BCUT2D eigenvalue weighted by atomic mass is 16.5. The SMILES string of the molecule is CCC(=O)Nc1ccc(NC(=O)CN2CCOCC2)c(OC)c1. The molecule has 2 rings (SSSR count). The Morgan fingerprint density at radius 2 is 1.96 bits per heavy atom. The second-order valence-electron chi connectivity index (χ2n) is 5.25. The summed E-state index contributed by atoms with van der Waals surface area (Å²) in [6.07, 6.45) is 0.403. The predicted molar refractivity (Wildman–Crippen MR) is 87.8 cm³/mol. The maximum atomic E-state index is 12.1. The molecule has 7 heteroatoms. The summed E-state index contributed by atoms with van der Waals surface area (Å²) in [5, 5.41) is 5.60. The van der Waals surface area contributed by atoms with Crippen LogP contribution >= 0.6 is 0 Å². The monoisotopic (exact) mass is 321 g/mol. The number of nitrogens with zero attached hydrogens (tertiary/aromatic N) is 1. The van der Waals surface area contributed by atoms with Crippen molar-refractivity contribution < 1.29 is 19.1 Å². The first kappa shape index (κ1) is 17.2. The Balaban J connectivity index is 1.98. The van der Waals surface area contributed by atoms with Gasteiger partial charge in [0, 0.05) is 31.3 Å². The van der Waals surface area contributed by atoms with Gasteiger partial charge in [0.25, 0.3) is 0 Å². The Kier molecular flexibility index (Phi) is 6.37. The molecule has 1 fully saturated rings. The number of methoxy groups -OCH3 is 1. The Morgan fingerprint density at radius 3 is 2.61 bits per heavy atom. The Bertz CT molecular complexity index is 556. The van der Waals surface area contributed by atoms with Crippen LogP contribution in [0.2, 0.25) is 0 Å². The summed E-state index contributed by atoms with van der Waals surface area (Å²) in [4.78, 5) is 25.6. The van der Waals surface area contributed by atoms with Crippen molar-refractivity contribution in [2.24, 2.45) is 0 Å². The fraction of sp³-hybridized carbons (Fsp3) is 0.500. The summed E-state index contributed by atoms with van der Waals surface area (Å²) in [5.41, 5.74) is 1.22. The third-order valence-electron chi connectivity index (χ3n) is 3.55. The van der Waals surface area contributed by atoms with Crippen molar-refractivity contribution in [3.05, 3.63) is 18.2 Å². The molecule has 0 saturated carbocycles. The van der Waals surface area contributed by atoms with Gasteiger partial charge < -0.3 is 20.1 Å². The Labute approximate surface area is 135 Å². The van der Waals surface area contributed by atoms with Crippen LogP contribution in [0.3, 0.4) is 0 Å². The normalized spacial score (nSPS) is 15.0. The van der Waals surface area contributed by atoms with Crippen LogP contribution in [0.5, 0.6) is 5.75 Å². The quantitative estimate of drug-likeness (QED) is 0.826. The number of carbonyl (C=O) groups is 2. The summed E-state index contributed by atoms with van der Waals surface area (Å²) in [5.74, 6) is 0.334. The molecule has 0 spiro atoms. The van der Waals surface area contributed by atoms with E-state index in [9.17, 15) is 9.59 Å². The van der Waals surface area contributed by atoms with E-state index in [0.29, 0.717) is 43.3 Å². The van der Waals surface area contributed by atoms with Crippen molar-refractivity contribution in [1.29, 1.82) is 0 Å². The summed E-state index contributed by atoms with van der Waals surface area (Å²) < 4.78 is 10.6. The van der Waals surface area contributed by atoms with Gasteiger partial charge in [-0.1, -0.05) is 6.92 Å². The molecular formula is C16H23N3O4. The van der Waals surface area contributed by atoms with Gasteiger partial charge in [-0.3, -0.25) is 14.5 Å². The predicted octanol–water partition coefficient (Wildman–Crippen LogP) is 1.31. The van der Waals surface area contributed by atoms with Crippen LogP contribution < -0.4 is 15.4 Å². The second kappa shape index (κ2) is 8.50. The van der Waals surface area contributed by atoms with E-state index in [-0.39, 0.29) is 11.8 Å². The highest BCUT2D eigenvalue weighted by molar-refractivity contribution is 5.95. The molecule has 0 bridgehead atoms. The lowest BCUT2D eigenvalue weighted by Gasteiger charge is -2.25. The summed E-state index contributed by atoms with van der Waals surface area (Å²) in [7, 11) is 1.53. The summed E-state index contributed by atoms with van der Waals surface area (Å²) in [6, 6.07) is 5.15. The van der Waals surface area contributed by atoms with E-state index in [1.165, 1.54) is 7.11 Å². The molecule has 1 aromatic carbocycles. The van der Waals surface area contributed by atoms with Gasteiger partial charge in [-0.15, -0.1) is 0 Å². The van der Waals surface area contributed by atoms with Crippen molar-refractivity contribution >= 4 is 23.2 Å². The van der Waals surface area contributed by atoms with Crippen LogP contribution in [0.1, 0.15) is 13.3 Å². The van der Waals surface area contributed by atoms with Crippen molar-refractivity contribution in [3.63, 3.8) is 0 Å². The molecule has 0 radical (unpaired) electrons. The number of morpholine rings is 1. The maximum Gasteiger partial charge on any atom is 0.238 e. The average Bonchev–Trinajstić information content (AvgIpc) is 2.56. The van der Waals surface area contributed by atoms with Crippen molar-refractivity contribution in [3.8, 4) is 5.75 Å².